The zero-order valence-corrected chi connectivity index (χ0v) is 8.46. The molecule has 0 N–H and O–H groups in total. The van der Waals surface area contributed by atoms with E-state index in [4.69, 9.17) is 0 Å². The maximum Gasteiger partial charge on any atom is 0.0951 e. The van der Waals surface area contributed by atoms with Crippen LogP contribution in [0.5, 0.6) is 0 Å². The second kappa shape index (κ2) is 3.65. The van der Waals surface area contributed by atoms with Crippen LogP contribution in [0.15, 0.2) is 31.0 Å². The molecule has 0 atom stereocenters. The summed E-state index contributed by atoms with van der Waals surface area (Å²) in [7, 11) is 0. The van der Waals surface area contributed by atoms with Crippen molar-refractivity contribution in [3.05, 3.63) is 36.7 Å². The average molecular weight is 190 g/mol. The fourth-order valence-corrected chi connectivity index (χ4v) is 1.48. The van der Waals surface area contributed by atoms with Gasteiger partial charge in [-0.05, 0) is 19.9 Å². The molecule has 0 fully saturated rings. The monoisotopic (exact) mass is 190 g/mol. The van der Waals surface area contributed by atoms with Crippen molar-refractivity contribution in [2.24, 2.45) is 0 Å². The Morgan fingerprint density at radius 2 is 2.29 bits per heavy atom. The maximum absolute atomic E-state index is 4.17. The van der Waals surface area contributed by atoms with Crippen LogP contribution in [0.4, 0.5) is 0 Å². The van der Waals surface area contributed by atoms with Gasteiger partial charge < -0.3 is 4.57 Å². The molecule has 14 heavy (non-hydrogen) atoms. The van der Waals surface area contributed by atoms with Crippen LogP contribution in [-0.2, 0) is 6.54 Å². The summed E-state index contributed by atoms with van der Waals surface area (Å²) in [6.07, 6.45) is 7.50. The molecule has 0 spiro atoms. The minimum Gasteiger partial charge on any atom is -0.330 e. The molecule has 2 rings (SSSR count). The molecule has 0 aliphatic rings. The Morgan fingerprint density at radius 1 is 1.43 bits per heavy atom. The molecule has 0 unspecified atom stereocenters. The molecule has 0 bridgehead atoms. The fourth-order valence-electron chi connectivity index (χ4n) is 1.48. The summed E-state index contributed by atoms with van der Waals surface area (Å²) in [4.78, 5) is 4.15. The van der Waals surface area contributed by atoms with Crippen LogP contribution in [0.25, 0.3) is 0 Å². The van der Waals surface area contributed by atoms with Crippen molar-refractivity contribution in [1.82, 2.24) is 19.3 Å². The topological polar surface area (TPSA) is 35.6 Å². The Morgan fingerprint density at radius 3 is 2.93 bits per heavy atom. The van der Waals surface area contributed by atoms with Gasteiger partial charge in [-0.1, -0.05) is 0 Å². The molecule has 2 aromatic heterocycles. The van der Waals surface area contributed by atoms with Gasteiger partial charge in [0.15, 0.2) is 0 Å². The third-order valence-electron chi connectivity index (χ3n) is 2.19. The smallest absolute Gasteiger partial charge is 0.0951 e. The van der Waals surface area contributed by atoms with Gasteiger partial charge in [0.2, 0.25) is 0 Å². The van der Waals surface area contributed by atoms with Gasteiger partial charge >= 0.3 is 0 Å². The van der Waals surface area contributed by atoms with Crippen LogP contribution >= 0.6 is 0 Å². The molecule has 4 nitrogen and oxygen atoms in total. The minimum absolute atomic E-state index is 0.447. The first-order valence-corrected chi connectivity index (χ1v) is 4.75. The molecule has 4 heteroatoms. The van der Waals surface area contributed by atoms with Crippen LogP contribution in [0, 0.1) is 0 Å². The van der Waals surface area contributed by atoms with Gasteiger partial charge in [-0.15, -0.1) is 0 Å². The highest BCUT2D eigenvalue weighted by molar-refractivity contribution is 5.00. The van der Waals surface area contributed by atoms with Crippen LogP contribution in [-0.4, -0.2) is 19.3 Å². The van der Waals surface area contributed by atoms with Crippen LogP contribution in [0.3, 0.4) is 0 Å². The third-order valence-corrected chi connectivity index (χ3v) is 2.19. The molecule has 0 aromatic carbocycles. The third kappa shape index (κ3) is 1.69. The Bertz CT molecular complexity index is 386. The summed E-state index contributed by atoms with van der Waals surface area (Å²) >= 11 is 0. The summed E-state index contributed by atoms with van der Waals surface area (Å²) in [5.41, 5.74) is 1.18. The van der Waals surface area contributed by atoms with E-state index in [1.807, 2.05) is 29.5 Å². The zero-order valence-electron chi connectivity index (χ0n) is 8.46. The van der Waals surface area contributed by atoms with E-state index in [0.29, 0.717) is 6.04 Å². The average Bonchev–Trinajstić information content (AvgIpc) is 2.75. The molecule has 0 saturated carbocycles. The van der Waals surface area contributed by atoms with E-state index in [1.165, 1.54) is 5.69 Å². The van der Waals surface area contributed by atoms with Crippen molar-refractivity contribution < 1.29 is 0 Å². The van der Waals surface area contributed by atoms with Gasteiger partial charge in [0.25, 0.3) is 0 Å². The van der Waals surface area contributed by atoms with Crippen LogP contribution in [0.2, 0.25) is 0 Å². The van der Waals surface area contributed by atoms with Gasteiger partial charge in [-0.3, -0.25) is 4.68 Å². The molecule has 0 amide bonds. The lowest BCUT2D eigenvalue weighted by atomic mass is 10.3. The van der Waals surface area contributed by atoms with E-state index >= 15 is 0 Å². The molecular weight excluding hydrogens is 176 g/mol. The number of aromatic nitrogens is 4. The molecular formula is C10H14N4. The van der Waals surface area contributed by atoms with Crippen molar-refractivity contribution in [3.63, 3.8) is 0 Å². The number of hydrogen-bond acceptors (Lipinski definition) is 2. The van der Waals surface area contributed by atoms with Crippen LogP contribution < -0.4 is 0 Å². The Balaban J connectivity index is 2.21. The first-order chi connectivity index (χ1) is 6.77. The summed E-state index contributed by atoms with van der Waals surface area (Å²) in [5, 5.41) is 4.17. The van der Waals surface area contributed by atoms with Gasteiger partial charge in [0.1, 0.15) is 0 Å². The van der Waals surface area contributed by atoms with Crippen molar-refractivity contribution in [1.29, 1.82) is 0 Å². The van der Waals surface area contributed by atoms with Gasteiger partial charge in [-0.2, -0.15) is 5.10 Å². The number of rotatable bonds is 3. The van der Waals surface area contributed by atoms with E-state index in [1.54, 1.807) is 6.20 Å². The minimum atomic E-state index is 0.447. The summed E-state index contributed by atoms with van der Waals surface area (Å²) in [6.45, 7) is 5.08. The van der Waals surface area contributed by atoms with E-state index in [2.05, 4.69) is 28.5 Å². The quantitative estimate of drug-likeness (QED) is 0.738. The first kappa shape index (κ1) is 8.99. The number of imidazole rings is 1. The second-order valence-corrected chi connectivity index (χ2v) is 3.59. The van der Waals surface area contributed by atoms with Crippen molar-refractivity contribution in [2.75, 3.05) is 0 Å². The number of nitrogens with zero attached hydrogens (tertiary/aromatic N) is 4. The van der Waals surface area contributed by atoms with E-state index in [9.17, 15) is 0 Å². The summed E-state index contributed by atoms with van der Waals surface area (Å²) in [5.74, 6) is 0. The standard InChI is InChI=1S/C10H14N4/c1-9(2)14-8-11-6-10(14)7-13-5-3-4-12-13/h3-6,8-9H,7H2,1-2H3. The van der Waals surface area contributed by atoms with Crippen molar-refractivity contribution in [3.8, 4) is 0 Å². The van der Waals surface area contributed by atoms with Crippen molar-refractivity contribution >= 4 is 0 Å². The van der Waals surface area contributed by atoms with E-state index < -0.39 is 0 Å². The normalized spacial score (nSPS) is 11.1. The molecule has 0 saturated heterocycles. The molecule has 74 valence electrons. The largest absolute Gasteiger partial charge is 0.330 e. The predicted octanol–water partition coefficient (Wildman–Crippen LogP) is 1.71. The first-order valence-electron chi connectivity index (χ1n) is 4.75. The van der Waals surface area contributed by atoms with Crippen LogP contribution in [0.1, 0.15) is 25.6 Å². The Labute approximate surface area is 83.2 Å². The van der Waals surface area contributed by atoms with Crippen molar-refractivity contribution in [2.45, 2.75) is 26.4 Å². The molecule has 0 aliphatic carbocycles. The highest BCUT2D eigenvalue weighted by Crippen LogP contribution is 2.09. The number of hydrogen-bond donors (Lipinski definition) is 0. The van der Waals surface area contributed by atoms with Gasteiger partial charge in [-0.25, -0.2) is 4.98 Å². The molecule has 2 heterocycles. The maximum atomic E-state index is 4.17. The Hall–Kier alpha value is -1.58. The van der Waals surface area contributed by atoms with Gasteiger partial charge in [0.05, 0.1) is 24.8 Å². The van der Waals surface area contributed by atoms with E-state index in [0.717, 1.165) is 6.54 Å². The molecule has 2 aromatic rings. The fraction of sp³-hybridized carbons (Fsp3) is 0.400. The van der Waals surface area contributed by atoms with Gasteiger partial charge in [0, 0.05) is 18.4 Å². The van der Waals surface area contributed by atoms with E-state index in [-0.39, 0.29) is 0 Å². The second-order valence-electron chi connectivity index (χ2n) is 3.59. The SMILES string of the molecule is CC(C)n1cncc1Cn1cccn1. The molecule has 0 aliphatic heterocycles. The summed E-state index contributed by atoms with van der Waals surface area (Å²) < 4.78 is 4.05. The zero-order chi connectivity index (χ0) is 9.97. The highest BCUT2D eigenvalue weighted by atomic mass is 15.3. The molecule has 0 radical (unpaired) electrons. The Kier molecular flexibility index (Phi) is 2.35. The highest BCUT2D eigenvalue weighted by Gasteiger charge is 2.05. The lowest BCUT2D eigenvalue weighted by molar-refractivity contribution is 0.548. The lowest BCUT2D eigenvalue weighted by Crippen LogP contribution is -2.08. The summed E-state index contributed by atoms with van der Waals surface area (Å²) in [6, 6.07) is 2.37. The lowest BCUT2D eigenvalue weighted by Gasteiger charge is -2.11. The predicted molar refractivity (Wildman–Crippen MR) is 53.9 cm³/mol.